The Labute approximate surface area is 175 Å². The van der Waals surface area contributed by atoms with Crippen LogP contribution < -0.4 is 0 Å². The first-order valence-electron chi connectivity index (χ1n) is 9.29. The molecule has 30 heavy (non-hydrogen) atoms. The number of aliphatic hydroxyl groups excluding tert-OH is 4. The van der Waals surface area contributed by atoms with Gasteiger partial charge in [-0.05, 0) is 29.7 Å². The number of thioether (sulfide) groups is 1. The Hall–Kier alpha value is -1.67. The summed E-state index contributed by atoms with van der Waals surface area (Å²) in [5.41, 5.74) is 0.932. The highest BCUT2D eigenvalue weighted by atomic mass is 32.2. The predicted molar refractivity (Wildman–Crippen MR) is 97.6 cm³/mol. The van der Waals surface area contributed by atoms with Gasteiger partial charge in [-0.1, -0.05) is 0 Å². The minimum absolute atomic E-state index is 0.0694. The lowest BCUT2D eigenvalue weighted by Gasteiger charge is -2.42. The van der Waals surface area contributed by atoms with Gasteiger partial charge in [0.2, 0.25) is 6.29 Å². The highest BCUT2D eigenvalue weighted by Crippen LogP contribution is 2.49. The van der Waals surface area contributed by atoms with Crippen LogP contribution in [0.4, 0.5) is 4.79 Å². The third-order valence-electron chi connectivity index (χ3n) is 5.65. The van der Waals surface area contributed by atoms with Gasteiger partial charge in [-0.15, -0.1) is 0 Å². The Balaban J connectivity index is 1.54. The van der Waals surface area contributed by atoms with E-state index in [1.54, 1.807) is 12.3 Å². The molecule has 9 atom stereocenters. The first kappa shape index (κ1) is 21.6. The zero-order valence-corrected chi connectivity index (χ0v) is 16.6. The average molecular weight is 446 g/mol. The molecule has 0 radical (unpaired) electrons. The van der Waals surface area contributed by atoms with Gasteiger partial charge in [0.15, 0.2) is 6.29 Å². The van der Waals surface area contributed by atoms with Crippen LogP contribution in [0, 0.1) is 11.8 Å². The van der Waals surface area contributed by atoms with E-state index >= 15 is 0 Å². The van der Waals surface area contributed by atoms with Crippen molar-refractivity contribution in [2.24, 2.45) is 11.8 Å². The van der Waals surface area contributed by atoms with Crippen LogP contribution in [0.5, 0.6) is 0 Å². The van der Waals surface area contributed by atoms with E-state index in [-0.39, 0.29) is 6.61 Å². The van der Waals surface area contributed by atoms with E-state index < -0.39 is 72.8 Å². The largest absolute Gasteiger partial charge is 0.471 e. The van der Waals surface area contributed by atoms with Gasteiger partial charge < -0.3 is 44.1 Å². The van der Waals surface area contributed by atoms with Crippen molar-refractivity contribution in [3.8, 4) is 0 Å². The molecule has 3 aliphatic heterocycles. The minimum Gasteiger partial charge on any atom is -0.471 e. The maximum absolute atomic E-state index is 12.0. The first-order chi connectivity index (χ1) is 14.3. The third-order valence-corrected chi connectivity index (χ3v) is 6.10. The lowest BCUT2D eigenvalue weighted by molar-refractivity contribution is -0.339. The molecule has 0 bridgehead atoms. The zero-order chi connectivity index (χ0) is 21.6. The molecule has 11 nitrogen and oxygen atoms in total. The van der Waals surface area contributed by atoms with Gasteiger partial charge in [0.25, 0.3) is 0 Å². The van der Waals surface area contributed by atoms with Crippen molar-refractivity contribution >= 4 is 23.0 Å². The number of ether oxygens (including phenoxy) is 5. The van der Waals surface area contributed by atoms with Crippen molar-refractivity contribution < 1.29 is 53.7 Å². The molecule has 0 spiro atoms. The fourth-order valence-electron chi connectivity index (χ4n) is 4.14. The molecule has 4 aliphatic rings. The maximum atomic E-state index is 12.0. The number of rotatable bonds is 5. The van der Waals surface area contributed by atoms with Gasteiger partial charge in [-0.25, -0.2) is 9.59 Å². The van der Waals surface area contributed by atoms with Crippen LogP contribution in [-0.4, -0.2) is 94.3 Å². The third kappa shape index (κ3) is 3.62. The quantitative estimate of drug-likeness (QED) is 0.290. The van der Waals surface area contributed by atoms with Crippen LogP contribution in [0.2, 0.25) is 0 Å². The van der Waals surface area contributed by atoms with Crippen molar-refractivity contribution in [2.75, 3.05) is 19.5 Å². The molecular formula is C18H22O11S. The Morgan fingerprint density at radius 2 is 1.93 bits per heavy atom. The second-order valence-electron chi connectivity index (χ2n) is 7.32. The number of carbonyl (C=O) groups excluding carboxylic acids is 2. The summed E-state index contributed by atoms with van der Waals surface area (Å²) in [5, 5.41) is 39.0. The highest BCUT2D eigenvalue weighted by Gasteiger charge is 2.56. The Bertz CT molecular complexity index is 765. The Morgan fingerprint density at radius 3 is 2.63 bits per heavy atom. The van der Waals surface area contributed by atoms with Crippen molar-refractivity contribution in [3.63, 3.8) is 0 Å². The number of esters is 1. The smallest absolute Gasteiger partial charge is 0.367 e. The SMILES string of the molecule is CSC(=O)OCC1=C[C@H]2OC(=O)C3=CO[C@H](O[C@H]4O[C@H](CO)[C@@H](O)[C@@H](O)[C@H]4O)[C@H]1[C@@H]32. The molecule has 4 N–H and O–H groups in total. The molecule has 2 saturated heterocycles. The monoisotopic (exact) mass is 446 g/mol. The van der Waals surface area contributed by atoms with Crippen LogP contribution >= 0.6 is 11.8 Å². The molecule has 2 fully saturated rings. The van der Waals surface area contributed by atoms with E-state index in [4.69, 9.17) is 23.7 Å². The van der Waals surface area contributed by atoms with E-state index in [0.717, 1.165) is 11.8 Å². The van der Waals surface area contributed by atoms with Gasteiger partial charge >= 0.3 is 11.3 Å². The molecular weight excluding hydrogens is 424 g/mol. The van der Waals surface area contributed by atoms with Gasteiger partial charge in [0, 0.05) is 5.92 Å². The number of hydrogen-bond donors (Lipinski definition) is 4. The molecule has 1 aliphatic carbocycles. The summed E-state index contributed by atoms with van der Waals surface area (Å²) < 4.78 is 27.2. The second-order valence-corrected chi connectivity index (χ2v) is 8.06. The van der Waals surface area contributed by atoms with E-state index in [1.165, 1.54) is 6.26 Å². The summed E-state index contributed by atoms with van der Waals surface area (Å²) in [6.07, 6.45) is -4.47. The van der Waals surface area contributed by atoms with Crippen LogP contribution in [0.15, 0.2) is 23.5 Å². The van der Waals surface area contributed by atoms with Crippen molar-refractivity contribution in [1.29, 1.82) is 0 Å². The molecule has 0 unspecified atom stereocenters. The van der Waals surface area contributed by atoms with Crippen molar-refractivity contribution in [3.05, 3.63) is 23.5 Å². The van der Waals surface area contributed by atoms with E-state index in [2.05, 4.69) is 0 Å². The number of carbonyl (C=O) groups is 2. The molecule has 0 aromatic heterocycles. The van der Waals surface area contributed by atoms with Crippen LogP contribution in [0.1, 0.15) is 0 Å². The predicted octanol–water partition coefficient (Wildman–Crippen LogP) is -1.36. The minimum atomic E-state index is -1.61. The maximum Gasteiger partial charge on any atom is 0.367 e. The lowest BCUT2D eigenvalue weighted by Crippen LogP contribution is -2.60. The van der Waals surface area contributed by atoms with Crippen LogP contribution in [0.3, 0.4) is 0 Å². The molecule has 0 amide bonds. The Kier molecular flexibility index (Phi) is 6.08. The summed E-state index contributed by atoms with van der Waals surface area (Å²) in [5.74, 6) is -1.52. The summed E-state index contributed by atoms with van der Waals surface area (Å²) >= 11 is 0.910. The zero-order valence-electron chi connectivity index (χ0n) is 15.8. The molecule has 0 saturated carbocycles. The molecule has 3 heterocycles. The van der Waals surface area contributed by atoms with Gasteiger partial charge in [-0.3, -0.25) is 0 Å². The summed E-state index contributed by atoms with van der Waals surface area (Å²) in [6, 6.07) is 0. The summed E-state index contributed by atoms with van der Waals surface area (Å²) in [7, 11) is 0. The molecule has 0 aromatic carbocycles. The topological polar surface area (TPSA) is 161 Å². The Morgan fingerprint density at radius 1 is 1.17 bits per heavy atom. The molecule has 166 valence electrons. The standard InChI is InChI=1S/C18H22O11S/c1-30-18(24)26-4-6-2-8-11-7(15(23)27-8)5-25-16(10(6)11)29-17-14(22)13(21)12(20)9(3-19)28-17/h2,5,8-14,16-17,19-22H,3-4H2,1H3/t8-,9-,10-,11+,12-,13-,14-,16-,17-/m1/s1. The lowest BCUT2D eigenvalue weighted by atomic mass is 9.84. The molecule has 12 heteroatoms. The average Bonchev–Trinajstić information content (AvgIpc) is 3.26. The van der Waals surface area contributed by atoms with Crippen LogP contribution in [0.25, 0.3) is 0 Å². The van der Waals surface area contributed by atoms with Gasteiger partial charge in [-0.2, -0.15) is 0 Å². The number of aliphatic hydroxyl groups is 4. The second kappa shape index (κ2) is 8.46. The fourth-order valence-corrected chi connectivity index (χ4v) is 4.31. The highest BCUT2D eigenvalue weighted by molar-refractivity contribution is 8.12. The van der Waals surface area contributed by atoms with E-state index in [1.807, 2.05) is 0 Å². The summed E-state index contributed by atoms with van der Waals surface area (Å²) in [4.78, 5) is 23.6. The fraction of sp³-hybridized carbons (Fsp3) is 0.667. The normalized spacial score (nSPS) is 42.0. The summed E-state index contributed by atoms with van der Waals surface area (Å²) in [6.45, 7) is -0.674. The van der Waals surface area contributed by atoms with Gasteiger partial charge in [0.05, 0.1) is 24.4 Å². The molecule has 0 aromatic rings. The van der Waals surface area contributed by atoms with Crippen LogP contribution in [-0.2, 0) is 28.5 Å². The molecule has 4 rings (SSSR count). The van der Waals surface area contributed by atoms with E-state index in [9.17, 15) is 30.0 Å². The first-order valence-corrected chi connectivity index (χ1v) is 10.5. The number of hydrogen-bond acceptors (Lipinski definition) is 12. The van der Waals surface area contributed by atoms with Crippen molar-refractivity contribution in [1.82, 2.24) is 0 Å². The van der Waals surface area contributed by atoms with E-state index in [0.29, 0.717) is 11.1 Å². The van der Waals surface area contributed by atoms with Gasteiger partial charge in [0.1, 0.15) is 37.1 Å². The van der Waals surface area contributed by atoms with Crippen molar-refractivity contribution in [2.45, 2.75) is 43.1 Å².